The Morgan fingerprint density at radius 2 is 2.35 bits per heavy atom. The van der Waals surface area contributed by atoms with Gasteiger partial charge in [-0.2, -0.15) is 0 Å². The van der Waals surface area contributed by atoms with E-state index in [0.717, 1.165) is 30.9 Å². The fourth-order valence-electron chi connectivity index (χ4n) is 2.66. The third kappa shape index (κ3) is 4.23. The van der Waals surface area contributed by atoms with Crippen LogP contribution in [0.5, 0.6) is 5.75 Å². The maximum atomic E-state index is 12.3. The van der Waals surface area contributed by atoms with Crippen molar-refractivity contribution in [3.8, 4) is 5.75 Å². The van der Waals surface area contributed by atoms with Gasteiger partial charge >= 0.3 is 0 Å². The second-order valence-corrected chi connectivity index (χ2v) is 5.51. The highest BCUT2D eigenvalue weighted by Gasteiger charge is 2.18. The highest BCUT2D eigenvalue weighted by molar-refractivity contribution is 5.78. The zero-order valence-electron chi connectivity index (χ0n) is 12.4. The molecular weight excluding hydrogens is 252 g/mol. The van der Waals surface area contributed by atoms with Gasteiger partial charge < -0.3 is 15.0 Å². The fraction of sp³-hybridized carbons (Fsp3) is 0.562. The topological polar surface area (TPSA) is 41.6 Å². The van der Waals surface area contributed by atoms with Gasteiger partial charge in [-0.25, -0.2) is 0 Å². The summed E-state index contributed by atoms with van der Waals surface area (Å²) in [6, 6.07) is 7.71. The van der Waals surface area contributed by atoms with Crippen LogP contribution in [-0.2, 0) is 11.2 Å². The Bertz CT molecular complexity index is 442. The van der Waals surface area contributed by atoms with E-state index in [1.165, 1.54) is 12.8 Å². The first-order valence-electron chi connectivity index (χ1n) is 7.26. The summed E-state index contributed by atoms with van der Waals surface area (Å²) in [6.45, 7) is 2.98. The maximum absolute atomic E-state index is 12.3. The maximum Gasteiger partial charge on any atom is 0.226 e. The molecule has 1 fully saturated rings. The molecule has 1 N–H and O–H groups in total. The molecule has 1 aliphatic heterocycles. The predicted molar refractivity (Wildman–Crippen MR) is 79.9 cm³/mol. The molecule has 0 aromatic heterocycles. The van der Waals surface area contributed by atoms with Crippen LogP contribution in [0.2, 0.25) is 0 Å². The highest BCUT2D eigenvalue weighted by Crippen LogP contribution is 2.15. The monoisotopic (exact) mass is 276 g/mol. The lowest BCUT2D eigenvalue weighted by molar-refractivity contribution is -0.129. The number of methoxy groups -OCH3 is 1. The summed E-state index contributed by atoms with van der Waals surface area (Å²) in [5.74, 6) is 1.56. The Labute approximate surface area is 121 Å². The average molecular weight is 276 g/mol. The van der Waals surface area contributed by atoms with Crippen LogP contribution in [0.25, 0.3) is 0 Å². The van der Waals surface area contributed by atoms with Crippen molar-refractivity contribution in [2.45, 2.75) is 19.3 Å². The molecule has 4 heteroatoms. The van der Waals surface area contributed by atoms with E-state index >= 15 is 0 Å². The molecule has 1 saturated heterocycles. The normalized spacial score (nSPS) is 18.6. The zero-order valence-corrected chi connectivity index (χ0v) is 12.4. The first-order valence-corrected chi connectivity index (χ1v) is 7.26. The summed E-state index contributed by atoms with van der Waals surface area (Å²) in [7, 11) is 3.54. The van der Waals surface area contributed by atoms with Gasteiger partial charge in [-0.3, -0.25) is 4.79 Å². The molecule has 0 radical (unpaired) electrons. The lowest BCUT2D eigenvalue weighted by atomic mass is 9.99. The minimum atomic E-state index is 0.170. The van der Waals surface area contributed by atoms with E-state index in [1.54, 1.807) is 7.11 Å². The number of nitrogens with zero attached hydrogens (tertiary/aromatic N) is 1. The molecule has 1 atom stereocenters. The van der Waals surface area contributed by atoms with Crippen LogP contribution >= 0.6 is 0 Å². The van der Waals surface area contributed by atoms with Gasteiger partial charge in [0.05, 0.1) is 13.5 Å². The molecule has 1 unspecified atom stereocenters. The Kier molecular flexibility index (Phi) is 5.41. The predicted octanol–water partition coefficient (Wildman–Crippen LogP) is 1.70. The Hall–Kier alpha value is -1.55. The van der Waals surface area contributed by atoms with Crippen LogP contribution in [0.15, 0.2) is 24.3 Å². The number of nitrogens with one attached hydrogen (secondary N) is 1. The molecule has 0 saturated carbocycles. The van der Waals surface area contributed by atoms with E-state index in [2.05, 4.69) is 5.32 Å². The van der Waals surface area contributed by atoms with Crippen molar-refractivity contribution in [2.75, 3.05) is 33.8 Å². The second kappa shape index (κ2) is 7.29. The summed E-state index contributed by atoms with van der Waals surface area (Å²) in [6.07, 6.45) is 2.86. The van der Waals surface area contributed by atoms with Crippen LogP contribution in [0, 0.1) is 5.92 Å². The van der Waals surface area contributed by atoms with Crippen molar-refractivity contribution in [2.24, 2.45) is 5.92 Å². The number of amides is 1. The van der Waals surface area contributed by atoms with Crippen LogP contribution in [0.3, 0.4) is 0 Å². The zero-order chi connectivity index (χ0) is 14.4. The molecular formula is C16H24N2O2. The quantitative estimate of drug-likeness (QED) is 0.890. The number of benzene rings is 1. The summed E-state index contributed by atoms with van der Waals surface area (Å²) in [5, 5.41) is 3.39. The van der Waals surface area contributed by atoms with Gasteiger partial charge in [0, 0.05) is 13.6 Å². The molecule has 1 aromatic carbocycles. The number of carbonyl (C=O) groups is 1. The third-order valence-electron chi connectivity index (χ3n) is 3.85. The summed E-state index contributed by atoms with van der Waals surface area (Å²) in [5.41, 5.74) is 1.00. The van der Waals surface area contributed by atoms with Gasteiger partial charge in [-0.15, -0.1) is 0 Å². The fourth-order valence-corrected chi connectivity index (χ4v) is 2.66. The molecule has 1 aliphatic rings. The van der Waals surface area contributed by atoms with E-state index in [-0.39, 0.29) is 5.91 Å². The molecule has 1 amide bonds. The number of rotatable bonds is 5. The van der Waals surface area contributed by atoms with Crippen molar-refractivity contribution in [1.82, 2.24) is 10.2 Å². The second-order valence-electron chi connectivity index (χ2n) is 5.51. The Morgan fingerprint density at radius 3 is 3.05 bits per heavy atom. The summed E-state index contributed by atoms with van der Waals surface area (Å²) in [4.78, 5) is 14.1. The minimum absolute atomic E-state index is 0.170. The molecule has 0 aliphatic carbocycles. The Morgan fingerprint density at radius 1 is 1.50 bits per heavy atom. The molecule has 4 nitrogen and oxygen atoms in total. The molecule has 1 aromatic rings. The van der Waals surface area contributed by atoms with E-state index in [4.69, 9.17) is 4.74 Å². The van der Waals surface area contributed by atoms with Gasteiger partial charge in [0.2, 0.25) is 5.91 Å². The molecule has 1 heterocycles. The molecule has 0 bridgehead atoms. The van der Waals surface area contributed by atoms with E-state index in [9.17, 15) is 4.79 Å². The number of carbonyl (C=O) groups excluding carboxylic acids is 1. The van der Waals surface area contributed by atoms with Crippen molar-refractivity contribution in [3.05, 3.63) is 29.8 Å². The number of piperidine rings is 1. The summed E-state index contributed by atoms with van der Waals surface area (Å²) >= 11 is 0. The van der Waals surface area contributed by atoms with Crippen LogP contribution in [-0.4, -0.2) is 44.6 Å². The average Bonchev–Trinajstić information content (AvgIpc) is 2.48. The third-order valence-corrected chi connectivity index (χ3v) is 3.85. The van der Waals surface area contributed by atoms with Crippen molar-refractivity contribution in [1.29, 1.82) is 0 Å². The van der Waals surface area contributed by atoms with Crippen molar-refractivity contribution in [3.63, 3.8) is 0 Å². The van der Waals surface area contributed by atoms with E-state index in [0.29, 0.717) is 12.3 Å². The number of likely N-dealkylation sites (N-methyl/N-ethyl adjacent to an activating group) is 1. The molecule has 0 spiro atoms. The SMILES string of the molecule is COc1cccc(CC(=O)N(C)CC2CCCNC2)c1. The highest BCUT2D eigenvalue weighted by atomic mass is 16.5. The molecule has 2 rings (SSSR count). The first-order chi connectivity index (χ1) is 9.69. The lowest BCUT2D eigenvalue weighted by Crippen LogP contribution is -2.39. The van der Waals surface area contributed by atoms with E-state index in [1.807, 2.05) is 36.2 Å². The van der Waals surface area contributed by atoms with Crippen molar-refractivity contribution < 1.29 is 9.53 Å². The van der Waals surface area contributed by atoms with Gasteiger partial charge in [-0.05, 0) is 49.5 Å². The van der Waals surface area contributed by atoms with Crippen molar-refractivity contribution >= 4 is 5.91 Å². The van der Waals surface area contributed by atoms with Crippen LogP contribution in [0.4, 0.5) is 0 Å². The Balaban J connectivity index is 1.86. The van der Waals surface area contributed by atoms with Crippen LogP contribution in [0.1, 0.15) is 18.4 Å². The minimum Gasteiger partial charge on any atom is -0.497 e. The van der Waals surface area contributed by atoms with Gasteiger partial charge in [0.25, 0.3) is 0 Å². The lowest BCUT2D eigenvalue weighted by Gasteiger charge is -2.27. The summed E-state index contributed by atoms with van der Waals surface area (Å²) < 4.78 is 5.19. The van der Waals surface area contributed by atoms with E-state index < -0.39 is 0 Å². The largest absolute Gasteiger partial charge is 0.497 e. The molecule has 20 heavy (non-hydrogen) atoms. The number of ether oxygens (including phenoxy) is 1. The number of hydrogen-bond acceptors (Lipinski definition) is 3. The van der Waals surface area contributed by atoms with Gasteiger partial charge in [-0.1, -0.05) is 12.1 Å². The number of hydrogen-bond donors (Lipinski definition) is 1. The smallest absolute Gasteiger partial charge is 0.226 e. The first kappa shape index (κ1) is 14.9. The van der Waals surface area contributed by atoms with Gasteiger partial charge in [0.15, 0.2) is 0 Å². The van der Waals surface area contributed by atoms with Gasteiger partial charge in [0.1, 0.15) is 5.75 Å². The molecule has 110 valence electrons. The standard InChI is InChI=1S/C16H24N2O2/c1-18(12-14-6-4-8-17-11-14)16(19)10-13-5-3-7-15(9-13)20-2/h3,5,7,9,14,17H,4,6,8,10-12H2,1-2H3. The van der Waals surface area contributed by atoms with Crippen LogP contribution < -0.4 is 10.1 Å².